The van der Waals surface area contributed by atoms with E-state index in [1.165, 1.54) is 0 Å². The van der Waals surface area contributed by atoms with Gasteiger partial charge in [0.05, 0.1) is 4.90 Å². The van der Waals surface area contributed by atoms with Crippen LogP contribution in [0.5, 0.6) is 0 Å². The number of anilines is 1. The zero-order chi connectivity index (χ0) is 25.2. The van der Waals surface area contributed by atoms with Gasteiger partial charge in [-0.25, -0.2) is 8.42 Å². The molecule has 0 aliphatic carbocycles. The summed E-state index contributed by atoms with van der Waals surface area (Å²) in [6, 6.07) is 14.4. The van der Waals surface area contributed by atoms with Crippen LogP contribution in [0.15, 0.2) is 53.4 Å². The van der Waals surface area contributed by atoms with Crippen LogP contribution in [0.1, 0.15) is 24.8 Å². The molecule has 0 radical (unpaired) electrons. The van der Waals surface area contributed by atoms with E-state index < -0.39 is 15.9 Å². The van der Waals surface area contributed by atoms with Crippen LogP contribution in [-0.4, -0.2) is 42.8 Å². The number of rotatable bonds is 8. The number of piperidine rings is 1. The van der Waals surface area contributed by atoms with E-state index >= 15 is 0 Å². The van der Waals surface area contributed by atoms with Gasteiger partial charge in [-0.2, -0.15) is 0 Å². The fourth-order valence-electron chi connectivity index (χ4n) is 4.67. The van der Waals surface area contributed by atoms with Crippen molar-refractivity contribution in [1.29, 1.82) is 5.41 Å². The van der Waals surface area contributed by atoms with E-state index in [1.807, 2.05) is 33.7 Å². The number of nitrogens with zero attached hydrogens (tertiary/aromatic N) is 2. The average Bonchev–Trinajstić information content (AvgIpc) is 3.10. The molecule has 2 heterocycles. The number of primary amides is 1. The lowest BCUT2D eigenvalue weighted by atomic mass is 9.98. The molecular weight excluding hydrogens is 579 g/mol. The van der Waals surface area contributed by atoms with E-state index in [4.69, 9.17) is 16.9 Å². The molecule has 1 saturated heterocycles. The van der Waals surface area contributed by atoms with Crippen molar-refractivity contribution < 1.29 is 13.2 Å². The van der Waals surface area contributed by atoms with Crippen LogP contribution < -0.4 is 16.2 Å². The summed E-state index contributed by atoms with van der Waals surface area (Å²) >= 11 is 2.13. The molecule has 35 heavy (non-hydrogen) atoms. The predicted molar refractivity (Wildman–Crippen MR) is 146 cm³/mol. The molecule has 6 N–H and O–H groups in total. The normalized spacial score (nSPS) is 16.4. The van der Waals surface area contributed by atoms with E-state index in [-0.39, 0.29) is 23.2 Å². The molecule has 1 fully saturated rings. The third-order valence-corrected chi connectivity index (χ3v) is 8.43. The molecule has 0 saturated carbocycles. The number of amides is 1. The van der Waals surface area contributed by atoms with Crippen molar-refractivity contribution in [3.8, 4) is 0 Å². The van der Waals surface area contributed by atoms with Crippen LogP contribution in [-0.2, 0) is 27.8 Å². The van der Waals surface area contributed by atoms with Crippen molar-refractivity contribution in [2.24, 2.45) is 17.4 Å². The van der Waals surface area contributed by atoms with Gasteiger partial charge in [-0.3, -0.25) is 14.9 Å². The van der Waals surface area contributed by atoms with Gasteiger partial charge in [-0.1, -0.05) is 18.2 Å². The number of fused-ring (bicyclic) bond motifs is 1. The number of nitrogens with two attached hydrogens (primary N) is 2. The predicted octanol–water partition coefficient (Wildman–Crippen LogP) is 3.07. The Morgan fingerprint density at radius 3 is 2.54 bits per heavy atom. The van der Waals surface area contributed by atoms with Gasteiger partial charge < -0.3 is 20.9 Å². The number of aryl methyl sites for hydroxylation is 1. The van der Waals surface area contributed by atoms with E-state index in [0.717, 1.165) is 39.4 Å². The quantitative estimate of drug-likeness (QED) is 0.176. The van der Waals surface area contributed by atoms with Gasteiger partial charge in [0, 0.05) is 46.1 Å². The molecule has 1 aliphatic heterocycles. The Bertz CT molecular complexity index is 1350. The first-order valence-corrected chi connectivity index (χ1v) is 14.0. The van der Waals surface area contributed by atoms with Crippen LogP contribution in [0.2, 0.25) is 0 Å². The maximum atomic E-state index is 13.4. The van der Waals surface area contributed by atoms with Gasteiger partial charge in [0.15, 0.2) is 5.96 Å². The number of carbonyl (C=O) groups is 1. The fourth-order valence-corrected chi connectivity index (χ4v) is 6.13. The fraction of sp³-hybridized carbons (Fsp3) is 0.333. The number of nitrogens with one attached hydrogen (secondary N) is 2. The molecule has 0 bridgehead atoms. The summed E-state index contributed by atoms with van der Waals surface area (Å²) in [6.07, 6.45) is 2.27. The van der Waals surface area contributed by atoms with Gasteiger partial charge in [-0.05, 0) is 78.1 Å². The van der Waals surface area contributed by atoms with Gasteiger partial charge in [0.2, 0.25) is 5.91 Å². The molecule has 11 heteroatoms. The van der Waals surface area contributed by atoms with Crippen molar-refractivity contribution >= 4 is 61.2 Å². The Morgan fingerprint density at radius 1 is 1.14 bits per heavy atom. The van der Waals surface area contributed by atoms with Crippen molar-refractivity contribution in [1.82, 2.24) is 9.47 Å². The Morgan fingerprint density at radius 2 is 1.86 bits per heavy atom. The van der Waals surface area contributed by atoms with Gasteiger partial charge in [0.1, 0.15) is 5.82 Å². The smallest absolute Gasteiger partial charge is 0.263 e. The Labute approximate surface area is 218 Å². The second-order valence-electron chi connectivity index (χ2n) is 8.82. The molecule has 1 unspecified atom stereocenters. The molecule has 3 aromatic rings. The van der Waals surface area contributed by atoms with Crippen LogP contribution in [0.4, 0.5) is 5.82 Å². The number of sulfonamides is 1. The average molecular weight is 609 g/mol. The number of halogens is 1. The van der Waals surface area contributed by atoms with Gasteiger partial charge in [0.25, 0.3) is 10.0 Å². The molecule has 2 aromatic carbocycles. The number of likely N-dealkylation sites (tertiary alicyclic amines) is 1. The first kappa shape index (κ1) is 25.3. The Balaban J connectivity index is 1.79. The molecular formula is C24H29IN6O3S. The summed E-state index contributed by atoms with van der Waals surface area (Å²) in [5, 5.41) is 8.70. The van der Waals surface area contributed by atoms with E-state index in [0.29, 0.717) is 25.3 Å². The highest BCUT2D eigenvalue weighted by molar-refractivity contribution is 14.1. The highest BCUT2D eigenvalue weighted by Crippen LogP contribution is 2.35. The first-order valence-electron chi connectivity index (χ1n) is 11.4. The minimum atomic E-state index is -3.88. The van der Waals surface area contributed by atoms with E-state index in [9.17, 15) is 13.2 Å². The van der Waals surface area contributed by atoms with Gasteiger partial charge >= 0.3 is 0 Å². The third-order valence-electron chi connectivity index (χ3n) is 6.35. The molecule has 1 aromatic heterocycles. The number of aromatic nitrogens is 1. The summed E-state index contributed by atoms with van der Waals surface area (Å²) < 4.78 is 32.5. The first-order chi connectivity index (χ1) is 16.7. The third kappa shape index (κ3) is 5.72. The topological polar surface area (TPSA) is 147 Å². The number of guanidine groups is 1. The van der Waals surface area contributed by atoms with Crippen LogP contribution in [0.25, 0.3) is 10.9 Å². The summed E-state index contributed by atoms with van der Waals surface area (Å²) in [5.41, 5.74) is 12.8. The standard InChI is InChI=1S/C24H29IN6O3S/c25-17-7-9-18(10-8-17)35(33,34)29-23-20(11-12-22(26)32)19-5-1-2-6-21(19)31(23)15-16-4-3-13-30(14-16)24(27)28/h1-2,5-10,16,29H,3-4,11-15H2,(H2,26,32)(H3,27,28). The largest absolute Gasteiger partial charge is 0.370 e. The molecule has 186 valence electrons. The summed E-state index contributed by atoms with van der Waals surface area (Å²) in [7, 11) is -3.88. The SMILES string of the molecule is N=C(N)N1CCCC(Cn2c(NS(=O)(=O)c3ccc(I)cc3)c(CCC(N)=O)c3ccccc32)C1. The van der Waals surface area contributed by atoms with Crippen LogP contribution in [0.3, 0.4) is 0 Å². The van der Waals surface area contributed by atoms with Crippen LogP contribution in [0, 0.1) is 14.9 Å². The van der Waals surface area contributed by atoms with Gasteiger partial charge in [-0.15, -0.1) is 0 Å². The van der Waals surface area contributed by atoms with Crippen molar-refractivity contribution in [2.45, 2.75) is 37.1 Å². The molecule has 1 amide bonds. The molecule has 1 atom stereocenters. The lowest BCUT2D eigenvalue weighted by Gasteiger charge is -2.33. The molecule has 1 aliphatic rings. The number of carbonyl (C=O) groups excluding carboxylic acids is 1. The van der Waals surface area contributed by atoms with Crippen LogP contribution >= 0.6 is 22.6 Å². The number of para-hydroxylation sites is 1. The highest BCUT2D eigenvalue weighted by atomic mass is 127. The lowest BCUT2D eigenvalue weighted by molar-refractivity contribution is -0.117. The molecule has 4 rings (SSSR count). The monoisotopic (exact) mass is 608 g/mol. The molecule has 0 spiro atoms. The zero-order valence-electron chi connectivity index (χ0n) is 19.2. The number of hydrogen-bond donors (Lipinski definition) is 4. The molecule has 9 nitrogen and oxygen atoms in total. The van der Waals surface area contributed by atoms with E-state index in [2.05, 4.69) is 27.3 Å². The Kier molecular flexibility index (Phi) is 7.55. The zero-order valence-corrected chi connectivity index (χ0v) is 22.2. The number of hydrogen-bond acceptors (Lipinski definition) is 4. The second-order valence-corrected chi connectivity index (χ2v) is 11.7. The maximum absolute atomic E-state index is 13.4. The second kappa shape index (κ2) is 10.4. The summed E-state index contributed by atoms with van der Waals surface area (Å²) in [5.74, 6) is 0.228. The minimum absolute atomic E-state index is 0.0499. The Hall–Kier alpha value is -2.80. The number of benzene rings is 2. The van der Waals surface area contributed by atoms with Crippen molar-refractivity contribution in [2.75, 3.05) is 17.8 Å². The summed E-state index contributed by atoms with van der Waals surface area (Å²) in [6.45, 7) is 1.92. The van der Waals surface area contributed by atoms with E-state index in [1.54, 1.807) is 24.3 Å². The summed E-state index contributed by atoms with van der Waals surface area (Å²) in [4.78, 5) is 13.6. The lowest BCUT2D eigenvalue weighted by Crippen LogP contribution is -2.44. The van der Waals surface area contributed by atoms with Crippen molar-refractivity contribution in [3.05, 3.63) is 57.7 Å². The minimum Gasteiger partial charge on any atom is -0.370 e. The highest BCUT2D eigenvalue weighted by Gasteiger charge is 2.27. The van der Waals surface area contributed by atoms with Crippen molar-refractivity contribution in [3.63, 3.8) is 0 Å². The maximum Gasteiger partial charge on any atom is 0.263 e.